The molecule has 12 heavy (non-hydrogen) atoms. The third-order valence-electron chi connectivity index (χ3n) is 1.75. The maximum atomic E-state index is 2.29. The van der Waals surface area contributed by atoms with Crippen LogP contribution in [0.3, 0.4) is 0 Å². The van der Waals surface area contributed by atoms with E-state index < -0.39 is 0 Å². The molecule has 74 valence electrons. The van der Waals surface area contributed by atoms with Gasteiger partial charge in [0, 0.05) is 0 Å². The third-order valence-corrected chi connectivity index (χ3v) is 9.46. The monoisotopic (exact) mass is 302 g/mol. The standard InChI is InChI=1S/C10H22Se2/c1-3-5-7-9-11-12-10-8-6-4-2/h3-10H2,1-2H3. The van der Waals surface area contributed by atoms with Crippen LogP contribution in [0, 0.1) is 0 Å². The van der Waals surface area contributed by atoms with Gasteiger partial charge in [0.15, 0.2) is 0 Å². The van der Waals surface area contributed by atoms with Crippen LogP contribution >= 0.6 is 0 Å². The van der Waals surface area contributed by atoms with E-state index >= 15 is 0 Å². The van der Waals surface area contributed by atoms with Gasteiger partial charge in [-0.15, -0.1) is 0 Å². The summed E-state index contributed by atoms with van der Waals surface area (Å²) < 4.78 is 0. The zero-order valence-electron chi connectivity index (χ0n) is 8.47. The molecule has 0 unspecified atom stereocenters. The summed E-state index contributed by atoms with van der Waals surface area (Å²) in [6.45, 7) is 4.58. The minimum absolute atomic E-state index is 1.04. The summed E-state index contributed by atoms with van der Waals surface area (Å²) in [6.07, 6.45) is 8.72. The summed E-state index contributed by atoms with van der Waals surface area (Å²) in [4.78, 5) is 0. The Kier molecular flexibility index (Phi) is 13.1. The summed E-state index contributed by atoms with van der Waals surface area (Å²) in [6, 6.07) is 0. The molecule has 0 radical (unpaired) electrons. The van der Waals surface area contributed by atoms with E-state index in [0.29, 0.717) is 0 Å². The molecule has 0 bridgehead atoms. The fourth-order valence-electron chi connectivity index (χ4n) is 0.940. The number of unbranched alkanes of at least 4 members (excludes halogenated alkanes) is 4. The summed E-state index contributed by atoms with van der Waals surface area (Å²) in [5, 5.41) is 3.12. The first-order chi connectivity index (χ1) is 5.91. The van der Waals surface area contributed by atoms with Crippen LogP contribution in [0.25, 0.3) is 0 Å². The molecule has 0 spiro atoms. The Hall–Kier alpha value is 1.04. The summed E-state index contributed by atoms with van der Waals surface area (Å²) in [5.74, 6) is 0. The molecule has 0 atom stereocenters. The average Bonchev–Trinajstić information content (AvgIpc) is 2.10. The maximum absolute atomic E-state index is 2.29. The van der Waals surface area contributed by atoms with Gasteiger partial charge in [-0.1, -0.05) is 0 Å². The van der Waals surface area contributed by atoms with Crippen molar-refractivity contribution in [3.63, 3.8) is 0 Å². The van der Waals surface area contributed by atoms with E-state index in [1.807, 2.05) is 0 Å². The second kappa shape index (κ2) is 12.0. The first-order valence-electron chi connectivity index (χ1n) is 5.16. The molecular formula is C10H22Se2. The van der Waals surface area contributed by atoms with Gasteiger partial charge in [-0.3, -0.25) is 0 Å². The van der Waals surface area contributed by atoms with Gasteiger partial charge in [0.25, 0.3) is 0 Å². The van der Waals surface area contributed by atoms with Crippen LogP contribution in [0.2, 0.25) is 10.6 Å². The van der Waals surface area contributed by atoms with Crippen molar-refractivity contribution in [3.05, 3.63) is 0 Å². The van der Waals surface area contributed by atoms with Crippen molar-refractivity contribution in [2.24, 2.45) is 0 Å². The molecule has 0 aliphatic heterocycles. The molecule has 0 heterocycles. The van der Waals surface area contributed by atoms with Gasteiger partial charge in [-0.2, -0.15) is 0 Å². The van der Waals surface area contributed by atoms with Gasteiger partial charge in [-0.25, -0.2) is 0 Å². The van der Waals surface area contributed by atoms with E-state index in [-0.39, 0.29) is 0 Å². The molecule has 0 saturated heterocycles. The van der Waals surface area contributed by atoms with Crippen LogP contribution in [-0.4, -0.2) is 26.3 Å². The Labute approximate surface area is 89.1 Å². The zero-order chi connectivity index (χ0) is 9.07. The van der Waals surface area contributed by atoms with Crippen LogP contribution in [0.4, 0.5) is 0 Å². The van der Waals surface area contributed by atoms with Gasteiger partial charge in [0.1, 0.15) is 0 Å². The van der Waals surface area contributed by atoms with E-state index in [1.54, 1.807) is 10.6 Å². The van der Waals surface area contributed by atoms with Gasteiger partial charge in [0.05, 0.1) is 0 Å². The van der Waals surface area contributed by atoms with E-state index in [9.17, 15) is 0 Å². The van der Waals surface area contributed by atoms with Crippen molar-refractivity contribution in [1.82, 2.24) is 0 Å². The summed E-state index contributed by atoms with van der Waals surface area (Å²) in [5.41, 5.74) is 0. The van der Waals surface area contributed by atoms with E-state index in [2.05, 4.69) is 13.8 Å². The Morgan fingerprint density at radius 3 is 1.42 bits per heavy atom. The van der Waals surface area contributed by atoms with E-state index in [1.165, 1.54) is 38.5 Å². The van der Waals surface area contributed by atoms with Crippen molar-refractivity contribution >= 4 is 26.3 Å². The molecule has 0 rings (SSSR count). The van der Waals surface area contributed by atoms with Gasteiger partial charge >= 0.3 is 89.3 Å². The molecule has 0 amide bonds. The quantitative estimate of drug-likeness (QED) is 0.451. The molecule has 0 fully saturated rings. The summed E-state index contributed by atoms with van der Waals surface area (Å²) in [7, 11) is 0. The van der Waals surface area contributed by atoms with Crippen LogP contribution in [-0.2, 0) is 0 Å². The van der Waals surface area contributed by atoms with Crippen molar-refractivity contribution < 1.29 is 0 Å². The Balaban J connectivity index is 2.73. The molecule has 2 heteroatoms. The zero-order valence-corrected chi connectivity index (χ0v) is 11.9. The second-order valence-electron chi connectivity index (χ2n) is 3.06. The van der Waals surface area contributed by atoms with Gasteiger partial charge < -0.3 is 0 Å². The Morgan fingerprint density at radius 1 is 0.667 bits per heavy atom. The normalized spacial score (nSPS) is 10.5. The molecular weight excluding hydrogens is 278 g/mol. The molecule has 0 nitrogen and oxygen atoms in total. The van der Waals surface area contributed by atoms with Crippen molar-refractivity contribution in [2.75, 3.05) is 0 Å². The molecule has 0 N–H and O–H groups in total. The van der Waals surface area contributed by atoms with Gasteiger partial charge in [-0.05, 0) is 0 Å². The number of rotatable bonds is 9. The summed E-state index contributed by atoms with van der Waals surface area (Å²) >= 11 is 2.08. The SMILES string of the molecule is CCCCC[Se][Se]CCCCC. The number of hydrogen-bond donors (Lipinski definition) is 0. The first kappa shape index (κ1) is 13.0. The number of hydrogen-bond acceptors (Lipinski definition) is 0. The minimum atomic E-state index is 1.04. The fraction of sp³-hybridized carbons (Fsp3) is 1.00. The van der Waals surface area contributed by atoms with Crippen LogP contribution in [0.1, 0.15) is 52.4 Å². The van der Waals surface area contributed by atoms with Gasteiger partial charge in [0.2, 0.25) is 0 Å². The molecule has 0 aromatic carbocycles. The molecule has 0 saturated carbocycles. The van der Waals surface area contributed by atoms with Crippen molar-refractivity contribution in [2.45, 2.75) is 63.0 Å². The Morgan fingerprint density at radius 2 is 1.08 bits per heavy atom. The van der Waals surface area contributed by atoms with E-state index in [0.717, 1.165) is 26.3 Å². The third kappa shape index (κ3) is 11.0. The molecule has 0 aliphatic rings. The average molecular weight is 300 g/mol. The van der Waals surface area contributed by atoms with Crippen LogP contribution in [0.15, 0.2) is 0 Å². The second-order valence-corrected chi connectivity index (χ2v) is 10.9. The predicted octanol–water partition coefficient (Wildman–Crippen LogP) is 3.53. The van der Waals surface area contributed by atoms with Crippen molar-refractivity contribution in [1.29, 1.82) is 0 Å². The molecule has 0 aliphatic carbocycles. The van der Waals surface area contributed by atoms with E-state index in [4.69, 9.17) is 0 Å². The van der Waals surface area contributed by atoms with Crippen LogP contribution in [0.5, 0.6) is 0 Å². The Bertz CT molecular complexity index is 64.2. The predicted molar refractivity (Wildman–Crippen MR) is 60.2 cm³/mol. The van der Waals surface area contributed by atoms with Crippen molar-refractivity contribution in [3.8, 4) is 0 Å². The molecule has 0 aromatic heterocycles. The van der Waals surface area contributed by atoms with Crippen LogP contribution < -0.4 is 0 Å². The first-order valence-corrected chi connectivity index (χ1v) is 11.9. The fourth-order valence-corrected chi connectivity index (χ4v) is 7.92. The molecule has 0 aromatic rings. The topological polar surface area (TPSA) is 0 Å².